The minimum Gasteiger partial charge on any atom is -0.457 e. The Bertz CT molecular complexity index is 696. The standard InChI is InChI=1S/C13H11N3OS/c18-13-14-12(15-16-13)11-7-6-10(17-11)8-9-4-2-1-3-5-9/h1-7H,8H2,(H2,14,15,16,18). The summed E-state index contributed by atoms with van der Waals surface area (Å²) in [6, 6.07) is 14.0. The van der Waals surface area contributed by atoms with Crippen molar-refractivity contribution in [3.05, 3.63) is 58.6 Å². The third-order valence-electron chi connectivity index (χ3n) is 2.62. The van der Waals surface area contributed by atoms with Crippen LogP contribution in [0.3, 0.4) is 0 Å². The second-order valence-corrected chi connectivity index (χ2v) is 4.33. The van der Waals surface area contributed by atoms with Gasteiger partial charge in [0.1, 0.15) is 5.76 Å². The summed E-state index contributed by atoms with van der Waals surface area (Å²) in [6.45, 7) is 0. The van der Waals surface area contributed by atoms with Crippen molar-refractivity contribution in [2.45, 2.75) is 6.42 Å². The minimum atomic E-state index is 0.422. The molecular weight excluding hydrogens is 246 g/mol. The fraction of sp³-hybridized carbons (Fsp3) is 0.0769. The van der Waals surface area contributed by atoms with Gasteiger partial charge in [0.15, 0.2) is 11.6 Å². The van der Waals surface area contributed by atoms with Crippen LogP contribution in [0.5, 0.6) is 0 Å². The third-order valence-corrected chi connectivity index (χ3v) is 2.81. The van der Waals surface area contributed by atoms with E-state index in [1.165, 1.54) is 5.56 Å². The van der Waals surface area contributed by atoms with E-state index in [1.807, 2.05) is 30.3 Å². The Morgan fingerprint density at radius 2 is 1.89 bits per heavy atom. The molecule has 2 heterocycles. The first-order chi connectivity index (χ1) is 8.81. The Hall–Kier alpha value is -2.14. The lowest BCUT2D eigenvalue weighted by atomic mass is 10.1. The van der Waals surface area contributed by atoms with Gasteiger partial charge in [0.25, 0.3) is 0 Å². The summed E-state index contributed by atoms with van der Waals surface area (Å²) in [4.78, 5) is 4.11. The van der Waals surface area contributed by atoms with Crippen LogP contribution in [0.15, 0.2) is 46.9 Å². The van der Waals surface area contributed by atoms with E-state index in [1.54, 1.807) is 0 Å². The molecule has 0 radical (unpaired) electrons. The number of aromatic nitrogens is 3. The normalized spacial score (nSPS) is 10.7. The Labute approximate surface area is 109 Å². The summed E-state index contributed by atoms with van der Waals surface area (Å²) in [5.74, 6) is 2.21. The van der Waals surface area contributed by atoms with Crippen LogP contribution in [0, 0.1) is 4.77 Å². The maximum atomic E-state index is 5.73. The second kappa shape index (κ2) is 4.62. The predicted octanol–water partition coefficient (Wildman–Crippen LogP) is 3.32. The molecule has 5 heteroatoms. The second-order valence-electron chi connectivity index (χ2n) is 3.94. The molecule has 18 heavy (non-hydrogen) atoms. The molecule has 0 aliphatic rings. The third kappa shape index (κ3) is 2.26. The van der Waals surface area contributed by atoms with Crippen LogP contribution in [-0.4, -0.2) is 15.2 Å². The number of H-pyrrole nitrogens is 2. The van der Waals surface area contributed by atoms with E-state index in [4.69, 9.17) is 16.6 Å². The highest BCUT2D eigenvalue weighted by atomic mass is 32.1. The lowest BCUT2D eigenvalue weighted by molar-refractivity contribution is 0.530. The van der Waals surface area contributed by atoms with E-state index in [-0.39, 0.29) is 0 Å². The molecule has 0 aliphatic carbocycles. The number of hydrogen-bond donors (Lipinski definition) is 2. The van der Waals surface area contributed by atoms with Gasteiger partial charge >= 0.3 is 0 Å². The van der Waals surface area contributed by atoms with Crippen molar-refractivity contribution in [2.24, 2.45) is 0 Å². The number of aromatic amines is 2. The number of benzene rings is 1. The monoisotopic (exact) mass is 257 g/mol. The number of furan rings is 1. The summed E-state index contributed by atoms with van der Waals surface area (Å²) in [6.07, 6.45) is 0.770. The fourth-order valence-corrected chi connectivity index (χ4v) is 1.93. The average molecular weight is 257 g/mol. The molecule has 0 atom stereocenters. The maximum absolute atomic E-state index is 5.73. The quantitative estimate of drug-likeness (QED) is 0.708. The van der Waals surface area contributed by atoms with Gasteiger partial charge in [0, 0.05) is 6.42 Å². The fourth-order valence-electron chi connectivity index (χ4n) is 1.78. The molecule has 2 N–H and O–H groups in total. The molecule has 0 unspecified atom stereocenters. The number of nitrogens with zero attached hydrogens (tertiary/aromatic N) is 1. The largest absolute Gasteiger partial charge is 0.457 e. The lowest BCUT2D eigenvalue weighted by Gasteiger charge is -1.97. The van der Waals surface area contributed by atoms with Gasteiger partial charge in [-0.3, -0.25) is 10.2 Å². The first kappa shape index (κ1) is 11.0. The highest BCUT2D eigenvalue weighted by molar-refractivity contribution is 7.71. The molecule has 2 aromatic heterocycles. The first-order valence-electron chi connectivity index (χ1n) is 5.59. The molecule has 0 saturated heterocycles. The topological polar surface area (TPSA) is 57.6 Å². The molecule has 90 valence electrons. The molecule has 0 amide bonds. The average Bonchev–Trinajstić information content (AvgIpc) is 2.99. The predicted molar refractivity (Wildman–Crippen MR) is 70.7 cm³/mol. The van der Waals surface area contributed by atoms with Crippen molar-refractivity contribution in [1.82, 2.24) is 15.2 Å². The van der Waals surface area contributed by atoms with Crippen molar-refractivity contribution in [3.8, 4) is 11.6 Å². The number of hydrogen-bond acceptors (Lipinski definition) is 3. The van der Waals surface area contributed by atoms with Gasteiger partial charge in [-0.05, 0) is 29.9 Å². The molecule has 0 saturated carbocycles. The molecule has 0 bridgehead atoms. The van der Waals surface area contributed by atoms with Gasteiger partial charge < -0.3 is 4.42 Å². The smallest absolute Gasteiger partial charge is 0.213 e. The van der Waals surface area contributed by atoms with Crippen LogP contribution < -0.4 is 0 Å². The number of rotatable bonds is 3. The van der Waals surface area contributed by atoms with Crippen molar-refractivity contribution < 1.29 is 4.42 Å². The zero-order valence-electron chi connectivity index (χ0n) is 9.51. The summed E-state index contributed by atoms with van der Waals surface area (Å²) in [5, 5.41) is 5.61. The zero-order valence-corrected chi connectivity index (χ0v) is 10.3. The number of nitrogens with one attached hydrogen (secondary N) is 2. The van der Waals surface area contributed by atoms with Crippen LogP contribution in [0.4, 0.5) is 0 Å². The van der Waals surface area contributed by atoms with Gasteiger partial charge in [-0.1, -0.05) is 30.3 Å². The Kier molecular flexibility index (Phi) is 2.82. The van der Waals surface area contributed by atoms with Crippen LogP contribution in [0.2, 0.25) is 0 Å². The SMILES string of the molecule is S=c1nc(-c2ccc(Cc3ccccc3)o2)[nH][nH]1. The van der Waals surface area contributed by atoms with E-state index in [0.717, 1.165) is 12.2 Å². The van der Waals surface area contributed by atoms with Crippen LogP contribution in [0.25, 0.3) is 11.6 Å². The van der Waals surface area contributed by atoms with Crippen molar-refractivity contribution in [1.29, 1.82) is 0 Å². The van der Waals surface area contributed by atoms with Crippen molar-refractivity contribution in [3.63, 3.8) is 0 Å². The van der Waals surface area contributed by atoms with E-state index < -0.39 is 0 Å². The van der Waals surface area contributed by atoms with Gasteiger partial charge in [0.05, 0.1) is 0 Å². The van der Waals surface area contributed by atoms with E-state index in [2.05, 4.69) is 27.3 Å². The highest BCUT2D eigenvalue weighted by Gasteiger charge is 2.07. The van der Waals surface area contributed by atoms with Crippen LogP contribution >= 0.6 is 12.2 Å². The van der Waals surface area contributed by atoms with Crippen molar-refractivity contribution >= 4 is 12.2 Å². The van der Waals surface area contributed by atoms with Gasteiger partial charge in [-0.2, -0.15) is 4.98 Å². The first-order valence-corrected chi connectivity index (χ1v) is 6.00. The van der Waals surface area contributed by atoms with Gasteiger partial charge in [-0.15, -0.1) is 0 Å². The van der Waals surface area contributed by atoms with Crippen LogP contribution in [0.1, 0.15) is 11.3 Å². The van der Waals surface area contributed by atoms with Crippen molar-refractivity contribution in [2.75, 3.05) is 0 Å². The summed E-state index contributed by atoms with van der Waals surface area (Å²) < 4.78 is 6.15. The summed E-state index contributed by atoms with van der Waals surface area (Å²) in [7, 11) is 0. The summed E-state index contributed by atoms with van der Waals surface area (Å²) >= 11 is 4.91. The van der Waals surface area contributed by atoms with Gasteiger partial charge in [-0.25, -0.2) is 0 Å². The molecule has 3 rings (SSSR count). The van der Waals surface area contributed by atoms with E-state index >= 15 is 0 Å². The van der Waals surface area contributed by atoms with Crippen LogP contribution in [-0.2, 0) is 6.42 Å². The Morgan fingerprint density at radius 1 is 1.06 bits per heavy atom. The molecular formula is C13H11N3OS. The summed E-state index contributed by atoms with van der Waals surface area (Å²) in [5.41, 5.74) is 1.22. The zero-order chi connectivity index (χ0) is 12.4. The molecule has 4 nitrogen and oxygen atoms in total. The molecule has 0 spiro atoms. The Morgan fingerprint density at radius 3 is 2.61 bits per heavy atom. The molecule has 0 aliphatic heterocycles. The molecule has 3 aromatic rings. The minimum absolute atomic E-state index is 0.422. The highest BCUT2D eigenvalue weighted by Crippen LogP contribution is 2.19. The van der Waals surface area contributed by atoms with Gasteiger partial charge in [0.2, 0.25) is 4.77 Å². The Balaban J connectivity index is 1.84. The molecule has 1 aromatic carbocycles. The lowest BCUT2D eigenvalue weighted by Crippen LogP contribution is -1.84. The van der Waals surface area contributed by atoms with E-state index in [9.17, 15) is 0 Å². The van der Waals surface area contributed by atoms with E-state index in [0.29, 0.717) is 16.4 Å². The molecule has 0 fully saturated rings. The maximum Gasteiger partial charge on any atom is 0.213 e.